The first-order valence-electron chi connectivity index (χ1n) is 6.89. The van der Waals surface area contributed by atoms with Crippen molar-refractivity contribution in [3.63, 3.8) is 0 Å². The van der Waals surface area contributed by atoms with Crippen LogP contribution < -0.4 is 10.6 Å². The molecule has 22 heavy (non-hydrogen) atoms. The van der Waals surface area contributed by atoms with Crippen LogP contribution in [0.1, 0.15) is 16.1 Å². The molecule has 0 atom stereocenters. The number of benzene rings is 1. The Morgan fingerprint density at radius 1 is 1.27 bits per heavy atom. The molecule has 1 aromatic heterocycles. The second-order valence-electron chi connectivity index (χ2n) is 4.55. The number of nitrogens with one attached hydrogen (secondary N) is 2. The number of nitrogens with zero attached hydrogens (tertiary/aromatic N) is 2. The lowest BCUT2D eigenvalue weighted by Crippen LogP contribution is -2.24. The van der Waals surface area contributed by atoms with E-state index in [-0.39, 0.29) is 17.4 Å². The predicted molar refractivity (Wildman–Crippen MR) is 83.2 cm³/mol. The first-order chi connectivity index (χ1) is 10.7. The van der Waals surface area contributed by atoms with Crippen molar-refractivity contribution in [2.24, 2.45) is 0 Å². The summed E-state index contributed by atoms with van der Waals surface area (Å²) in [4.78, 5) is 19.8. The number of hydrogen-bond donors (Lipinski definition) is 2. The number of hydrogen-bond acceptors (Lipinski definition) is 4. The van der Waals surface area contributed by atoms with Crippen molar-refractivity contribution >= 4 is 11.7 Å². The van der Waals surface area contributed by atoms with Gasteiger partial charge < -0.3 is 10.6 Å². The van der Waals surface area contributed by atoms with Crippen LogP contribution in [0, 0.1) is 5.82 Å². The second-order valence-corrected chi connectivity index (χ2v) is 4.55. The fourth-order valence-electron chi connectivity index (χ4n) is 1.82. The third kappa shape index (κ3) is 4.37. The molecule has 0 aliphatic rings. The molecule has 5 nitrogen and oxygen atoms in total. The van der Waals surface area contributed by atoms with Crippen LogP contribution in [0.25, 0.3) is 0 Å². The largest absolute Gasteiger partial charge is 0.368 e. The van der Waals surface area contributed by atoms with Gasteiger partial charge in [0.25, 0.3) is 5.91 Å². The van der Waals surface area contributed by atoms with Crippen LogP contribution in [-0.4, -0.2) is 29.0 Å². The maximum absolute atomic E-state index is 13.5. The molecule has 0 bridgehead atoms. The molecule has 6 heteroatoms. The zero-order chi connectivity index (χ0) is 15.8. The standard InChI is InChI=1S/C16H17FN4O/c1-2-8-19-16(22)14-10-21-15(11-20-14)18-9-7-12-5-3-4-6-13(12)17/h2-6,10-11H,1,7-9H2,(H,18,21)(H,19,22). The van der Waals surface area contributed by atoms with Gasteiger partial charge in [0.15, 0.2) is 0 Å². The van der Waals surface area contributed by atoms with Crippen LogP contribution in [0.15, 0.2) is 49.3 Å². The number of amides is 1. The van der Waals surface area contributed by atoms with Gasteiger partial charge in [-0.25, -0.2) is 14.4 Å². The minimum atomic E-state index is -0.301. The lowest BCUT2D eigenvalue weighted by atomic mass is 10.1. The van der Waals surface area contributed by atoms with Gasteiger partial charge in [-0.15, -0.1) is 6.58 Å². The summed E-state index contributed by atoms with van der Waals surface area (Å²) in [5, 5.41) is 5.66. The Balaban J connectivity index is 1.85. The third-order valence-corrected chi connectivity index (χ3v) is 2.95. The third-order valence-electron chi connectivity index (χ3n) is 2.95. The number of aromatic nitrogens is 2. The van der Waals surface area contributed by atoms with Gasteiger partial charge >= 0.3 is 0 Å². The Labute approximate surface area is 128 Å². The Morgan fingerprint density at radius 3 is 2.77 bits per heavy atom. The molecule has 0 saturated heterocycles. The number of anilines is 1. The van der Waals surface area contributed by atoms with E-state index in [1.54, 1.807) is 24.3 Å². The van der Waals surface area contributed by atoms with Crippen molar-refractivity contribution in [3.05, 3.63) is 66.4 Å². The summed E-state index contributed by atoms with van der Waals surface area (Å²) in [5.41, 5.74) is 0.880. The van der Waals surface area contributed by atoms with E-state index in [1.807, 2.05) is 0 Å². The zero-order valence-electron chi connectivity index (χ0n) is 12.1. The highest BCUT2D eigenvalue weighted by molar-refractivity contribution is 5.92. The Hall–Kier alpha value is -2.76. The summed E-state index contributed by atoms with van der Waals surface area (Å²) < 4.78 is 13.5. The maximum atomic E-state index is 13.5. The SMILES string of the molecule is C=CCNC(=O)c1cnc(NCCc2ccccc2F)cn1. The Morgan fingerprint density at radius 2 is 2.09 bits per heavy atom. The lowest BCUT2D eigenvalue weighted by Gasteiger charge is -2.07. The van der Waals surface area contributed by atoms with Crippen molar-refractivity contribution in [2.75, 3.05) is 18.4 Å². The van der Waals surface area contributed by atoms with Crippen molar-refractivity contribution in [3.8, 4) is 0 Å². The summed E-state index contributed by atoms with van der Waals surface area (Å²) in [5.74, 6) is 0.0199. The topological polar surface area (TPSA) is 66.9 Å². The van der Waals surface area contributed by atoms with Crippen molar-refractivity contribution < 1.29 is 9.18 Å². The molecule has 114 valence electrons. The van der Waals surface area contributed by atoms with Crippen LogP contribution in [0.3, 0.4) is 0 Å². The summed E-state index contributed by atoms with van der Waals surface area (Å²) in [6.07, 6.45) is 4.99. The second kappa shape index (κ2) is 7.87. The molecule has 1 amide bonds. The van der Waals surface area contributed by atoms with E-state index in [1.165, 1.54) is 18.5 Å². The molecule has 2 aromatic rings. The molecule has 1 heterocycles. The van der Waals surface area contributed by atoms with Crippen LogP contribution >= 0.6 is 0 Å². The first kappa shape index (κ1) is 15.6. The average Bonchev–Trinajstić information content (AvgIpc) is 2.55. The van der Waals surface area contributed by atoms with Crippen LogP contribution in [-0.2, 0) is 6.42 Å². The van der Waals surface area contributed by atoms with E-state index in [0.717, 1.165) is 0 Å². The van der Waals surface area contributed by atoms with Gasteiger partial charge in [0.05, 0.1) is 12.4 Å². The summed E-state index contributed by atoms with van der Waals surface area (Å²) in [6.45, 7) is 4.42. The predicted octanol–water partition coefficient (Wildman–Crippen LogP) is 2.19. The highest BCUT2D eigenvalue weighted by Gasteiger charge is 2.06. The van der Waals surface area contributed by atoms with Gasteiger partial charge in [-0.2, -0.15) is 0 Å². The highest BCUT2D eigenvalue weighted by atomic mass is 19.1. The summed E-state index contributed by atoms with van der Waals surface area (Å²) >= 11 is 0. The highest BCUT2D eigenvalue weighted by Crippen LogP contribution is 2.08. The van der Waals surface area contributed by atoms with Gasteiger partial charge in [-0.3, -0.25) is 4.79 Å². The number of rotatable bonds is 7. The molecular weight excluding hydrogens is 283 g/mol. The van der Waals surface area contributed by atoms with E-state index in [9.17, 15) is 9.18 Å². The molecule has 0 spiro atoms. The maximum Gasteiger partial charge on any atom is 0.271 e. The van der Waals surface area contributed by atoms with Crippen LogP contribution in [0.2, 0.25) is 0 Å². The van der Waals surface area contributed by atoms with Gasteiger partial charge in [0, 0.05) is 13.1 Å². The molecule has 0 aliphatic carbocycles. The molecule has 0 unspecified atom stereocenters. The molecule has 2 rings (SSSR count). The van der Waals surface area contributed by atoms with Gasteiger partial charge in [-0.05, 0) is 18.1 Å². The van der Waals surface area contributed by atoms with E-state index < -0.39 is 0 Å². The fourth-order valence-corrected chi connectivity index (χ4v) is 1.82. The monoisotopic (exact) mass is 300 g/mol. The molecule has 2 N–H and O–H groups in total. The quantitative estimate of drug-likeness (QED) is 0.769. The molecule has 0 saturated carbocycles. The smallest absolute Gasteiger partial charge is 0.271 e. The molecule has 0 aliphatic heterocycles. The normalized spacial score (nSPS) is 10.0. The summed E-state index contributed by atoms with van der Waals surface area (Å²) in [7, 11) is 0. The van der Waals surface area contributed by atoms with Crippen molar-refractivity contribution in [1.82, 2.24) is 15.3 Å². The average molecular weight is 300 g/mol. The molecular formula is C16H17FN4O. The lowest BCUT2D eigenvalue weighted by molar-refractivity contribution is 0.0952. The molecule has 0 fully saturated rings. The van der Waals surface area contributed by atoms with E-state index in [4.69, 9.17) is 0 Å². The number of halogens is 1. The van der Waals surface area contributed by atoms with E-state index >= 15 is 0 Å². The van der Waals surface area contributed by atoms with Crippen molar-refractivity contribution in [2.45, 2.75) is 6.42 Å². The fraction of sp³-hybridized carbons (Fsp3) is 0.188. The van der Waals surface area contributed by atoms with E-state index in [2.05, 4.69) is 27.2 Å². The van der Waals surface area contributed by atoms with Crippen LogP contribution in [0.5, 0.6) is 0 Å². The first-order valence-corrected chi connectivity index (χ1v) is 6.89. The Bertz CT molecular complexity index is 643. The van der Waals surface area contributed by atoms with Gasteiger partial charge in [0.1, 0.15) is 17.3 Å². The molecule has 0 radical (unpaired) electrons. The minimum absolute atomic E-state index is 0.218. The van der Waals surface area contributed by atoms with Gasteiger partial charge in [-0.1, -0.05) is 24.3 Å². The van der Waals surface area contributed by atoms with Crippen molar-refractivity contribution in [1.29, 1.82) is 0 Å². The number of carbonyl (C=O) groups excluding carboxylic acids is 1. The van der Waals surface area contributed by atoms with Crippen LogP contribution in [0.4, 0.5) is 10.2 Å². The molecule has 1 aromatic carbocycles. The zero-order valence-corrected chi connectivity index (χ0v) is 12.1. The van der Waals surface area contributed by atoms with E-state index in [0.29, 0.717) is 30.9 Å². The Kier molecular flexibility index (Phi) is 5.59. The summed E-state index contributed by atoms with van der Waals surface area (Å²) in [6, 6.07) is 6.64. The minimum Gasteiger partial charge on any atom is -0.368 e. The number of carbonyl (C=O) groups is 1. The van der Waals surface area contributed by atoms with Gasteiger partial charge in [0.2, 0.25) is 0 Å².